The van der Waals surface area contributed by atoms with Crippen LogP contribution in [0.3, 0.4) is 0 Å². The van der Waals surface area contributed by atoms with E-state index in [0.717, 1.165) is 17.9 Å². The minimum atomic E-state index is -1.14. The van der Waals surface area contributed by atoms with Crippen LogP contribution in [-0.2, 0) is 4.79 Å². The first-order chi connectivity index (χ1) is 9.49. The number of carbonyl (C=O) groups is 1. The Morgan fingerprint density at radius 1 is 1.14 bits per heavy atom. The Kier molecular flexibility index (Phi) is 7.46. The molecule has 0 N–H and O–H groups in total. The van der Waals surface area contributed by atoms with Gasteiger partial charge < -0.3 is 9.90 Å². The van der Waals surface area contributed by atoms with Gasteiger partial charge in [0.1, 0.15) is 0 Å². The van der Waals surface area contributed by atoms with Gasteiger partial charge in [0.15, 0.2) is 0 Å². The van der Waals surface area contributed by atoms with Crippen molar-refractivity contribution in [1.29, 1.82) is 0 Å². The Morgan fingerprint density at radius 2 is 1.86 bits per heavy atom. The van der Waals surface area contributed by atoms with Gasteiger partial charge >= 0.3 is 29.6 Å². The molecule has 21 heavy (non-hydrogen) atoms. The van der Waals surface area contributed by atoms with Gasteiger partial charge in [0.05, 0.1) is 5.97 Å². The van der Waals surface area contributed by atoms with Crippen molar-refractivity contribution in [2.45, 2.75) is 33.6 Å². The van der Waals surface area contributed by atoms with Crippen molar-refractivity contribution in [3.8, 4) is 0 Å². The molecular weight excluding hydrogens is 271 g/mol. The number of aliphatic carboxylic acids is 1. The third-order valence-electron chi connectivity index (χ3n) is 4.99. The summed E-state index contributed by atoms with van der Waals surface area (Å²) in [6.45, 7) is 6.98. The standard InChI is InChI=1S/C18H26O2.Na/c1-12-10-14(3)18-15(11-12)9-8-13(2)16(18)6-4-5-7-17(19)20;/h4-9,12-16,18H,10-11H2,1-3H3,(H,19,20);/q;+1/p-1. The summed E-state index contributed by atoms with van der Waals surface area (Å²) in [6, 6.07) is 0. The van der Waals surface area contributed by atoms with Crippen LogP contribution in [0.2, 0.25) is 0 Å². The fraction of sp³-hybridized carbons (Fsp3) is 0.611. The number of allylic oxidation sites excluding steroid dienone is 5. The van der Waals surface area contributed by atoms with Crippen LogP contribution >= 0.6 is 0 Å². The van der Waals surface area contributed by atoms with Crippen LogP contribution in [0.25, 0.3) is 0 Å². The van der Waals surface area contributed by atoms with Gasteiger partial charge in [-0.25, -0.2) is 0 Å². The molecule has 0 radical (unpaired) electrons. The minimum absolute atomic E-state index is 0. The average Bonchev–Trinajstić information content (AvgIpc) is 2.36. The molecule has 110 valence electrons. The molecule has 0 saturated heterocycles. The molecule has 0 aliphatic heterocycles. The molecule has 2 aliphatic carbocycles. The number of carboxylic acid groups (broad SMARTS) is 1. The Bertz CT molecular complexity index is 438. The SMILES string of the molecule is CC1CC(C)C2C(C=CC(C)C2C=CC=CC(=O)[O-])C1.[Na+]. The molecule has 2 rings (SSSR count). The van der Waals surface area contributed by atoms with Crippen molar-refractivity contribution in [2.75, 3.05) is 0 Å². The van der Waals surface area contributed by atoms with Crippen LogP contribution in [0.5, 0.6) is 0 Å². The molecule has 0 aromatic rings. The van der Waals surface area contributed by atoms with Crippen molar-refractivity contribution in [3.63, 3.8) is 0 Å². The Labute approximate surface area is 150 Å². The number of carbonyl (C=O) groups excluding carboxylic acids is 1. The number of hydrogen-bond acceptors (Lipinski definition) is 2. The Hall–Kier alpha value is -0.310. The van der Waals surface area contributed by atoms with Gasteiger partial charge in [-0.15, -0.1) is 0 Å². The van der Waals surface area contributed by atoms with Crippen molar-refractivity contribution < 1.29 is 39.5 Å². The third kappa shape index (κ3) is 4.84. The number of carboxylic acids is 1. The molecule has 0 bridgehead atoms. The molecule has 0 aromatic heterocycles. The molecule has 0 heterocycles. The molecule has 0 spiro atoms. The number of rotatable bonds is 3. The zero-order valence-electron chi connectivity index (χ0n) is 13.7. The zero-order chi connectivity index (χ0) is 14.7. The van der Waals surface area contributed by atoms with Crippen molar-refractivity contribution in [3.05, 3.63) is 36.5 Å². The van der Waals surface area contributed by atoms with E-state index < -0.39 is 5.97 Å². The second-order valence-electron chi connectivity index (χ2n) is 6.68. The van der Waals surface area contributed by atoms with Crippen LogP contribution in [0.4, 0.5) is 0 Å². The maximum Gasteiger partial charge on any atom is 1.00 e. The summed E-state index contributed by atoms with van der Waals surface area (Å²) in [6.07, 6.45) is 14.1. The van der Waals surface area contributed by atoms with E-state index in [-0.39, 0.29) is 29.6 Å². The zero-order valence-corrected chi connectivity index (χ0v) is 15.7. The molecular formula is C18H25NaO2. The van der Waals surface area contributed by atoms with Crippen LogP contribution in [0.15, 0.2) is 36.5 Å². The van der Waals surface area contributed by atoms with Crippen molar-refractivity contribution >= 4 is 5.97 Å². The Balaban J connectivity index is 0.00000220. The summed E-state index contributed by atoms with van der Waals surface area (Å²) in [5.41, 5.74) is 0. The van der Waals surface area contributed by atoms with E-state index in [1.54, 1.807) is 6.08 Å². The van der Waals surface area contributed by atoms with E-state index in [4.69, 9.17) is 0 Å². The number of fused-ring (bicyclic) bond motifs is 1. The molecule has 1 saturated carbocycles. The molecule has 6 atom stereocenters. The fourth-order valence-corrected chi connectivity index (χ4v) is 4.23. The van der Waals surface area contributed by atoms with E-state index in [9.17, 15) is 9.90 Å². The summed E-state index contributed by atoms with van der Waals surface area (Å²) >= 11 is 0. The summed E-state index contributed by atoms with van der Waals surface area (Å²) < 4.78 is 0. The largest absolute Gasteiger partial charge is 1.00 e. The van der Waals surface area contributed by atoms with Crippen LogP contribution in [0, 0.1) is 35.5 Å². The smallest absolute Gasteiger partial charge is 0.545 e. The third-order valence-corrected chi connectivity index (χ3v) is 4.99. The first-order valence-corrected chi connectivity index (χ1v) is 7.73. The van der Waals surface area contributed by atoms with E-state index in [2.05, 4.69) is 39.0 Å². The van der Waals surface area contributed by atoms with Crippen LogP contribution in [-0.4, -0.2) is 5.97 Å². The summed E-state index contributed by atoms with van der Waals surface area (Å²) in [5.74, 6) is 2.83. The summed E-state index contributed by atoms with van der Waals surface area (Å²) in [7, 11) is 0. The van der Waals surface area contributed by atoms with Crippen molar-refractivity contribution in [1.82, 2.24) is 0 Å². The minimum Gasteiger partial charge on any atom is -0.545 e. The van der Waals surface area contributed by atoms with Gasteiger partial charge in [-0.2, -0.15) is 0 Å². The van der Waals surface area contributed by atoms with E-state index >= 15 is 0 Å². The quantitative estimate of drug-likeness (QED) is 0.318. The first kappa shape index (κ1) is 18.7. The topological polar surface area (TPSA) is 40.1 Å². The van der Waals surface area contributed by atoms with Gasteiger partial charge in [-0.1, -0.05) is 51.2 Å². The molecule has 0 amide bonds. The normalized spacial score (nSPS) is 39.2. The maximum absolute atomic E-state index is 10.4. The molecule has 2 aliphatic rings. The maximum atomic E-state index is 10.4. The van der Waals surface area contributed by atoms with Gasteiger partial charge in [0, 0.05) is 0 Å². The van der Waals surface area contributed by atoms with Crippen LogP contribution in [0.1, 0.15) is 33.6 Å². The Morgan fingerprint density at radius 3 is 2.52 bits per heavy atom. The summed E-state index contributed by atoms with van der Waals surface area (Å²) in [4.78, 5) is 10.4. The van der Waals surface area contributed by atoms with E-state index in [1.165, 1.54) is 12.8 Å². The molecule has 1 fully saturated rings. The van der Waals surface area contributed by atoms with E-state index in [1.807, 2.05) is 6.08 Å². The van der Waals surface area contributed by atoms with E-state index in [0.29, 0.717) is 23.7 Å². The number of hydrogen-bond donors (Lipinski definition) is 0. The summed E-state index contributed by atoms with van der Waals surface area (Å²) in [5, 5.41) is 10.4. The molecule has 3 heteroatoms. The second kappa shape index (κ2) is 8.36. The monoisotopic (exact) mass is 296 g/mol. The van der Waals surface area contributed by atoms with Gasteiger partial charge in [-0.3, -0.25) is 0 Å². The predicted molar refractivity (Wildman–Crippen MR) is 79.6 cm³/mol. The molecule has 0 aromatic carbocycles. The fourth-order valence-electron chi connectivity index (χ4n) is 4.23. The molecule has 6 unspecified atom stereocenters. The van der Waals surface area contributed by atoms with Gasteiger partial charge in [0.25, 0.3) is 0 Å². The van der Waals surface area contributed by atoms with Gasteiger partial charge in [-0.05, 0) is 54.4 Å². The predicted octanol–water partition coefficient (Wildman–Crippen LogP) is -0.0268. The van der Waals surface area contributed by atoms with Crippen LogP contribution < -0.4 is 34.7 Å². The second-order valence-corrected chi connectivity index (χ2v) is 6.68. The average molecular weight is 296 g/mol. The van der Waals surface area contributed by atoms with Gasteiger partial charge in [0.2, 0.25) is 0 Å². The first-order valence-electron chi connectivity index (χ1n) is 7.73. The molecule has 2 nitrogen and oxygen atoms in total. The van der Waals surface area contributed by atoms with Crippen molar-refractivity contribution in [2.24, 2.45) is 35.5 Å².